The van der Waals surface area contributed by atoms with E-state index in [0.717, 1.165) is 32.7 Å². The van der Waals surface area contributed by atoms with Crippen molar-refractivity contribution in [1.29, 1.82) is 0 Å². The highest BCUT2D eigenvalue weighted by atomic mass is 16.3. The molecule has 0 spiro atoms. The number of carbonyl (C=O) groups is 3. The minimum atomic E-state index is -0.707. The second-order valence-corrected chi connectivity index (χ2v) is 8.07. The number of rotatable bonds is 6. The van der Waals surface area contributed by atoms with E-state index >= 15 is 0 Å². The van der Waals surface area contributed by atoms with E-state index in [-0.39, 0.29) is 29.3 Å². The Labute approximate surface area is 165 Å². The lowest BCUT2D eigenvalue weighted by Gasteiger charge is -2.33. The lowest BCUT2D eigenvalue weighted by molar-refractivity contribution is -0.902. The van der Waals surface area contributed by atoms with E-state index in [4.69, 9.17) is 4.42 Å². The van der Waals surface area contributed by atoms with Crippen LogP contribution in [0.1, 0.15) is 38.4 Å². The second kappa shape index (κ2) is 9.28. The summed E-state index contributed by atoms with van der Waals surface area (Å²) in [5, 5.41) is 0. The Balaban J connectivity index is 1.41. The van der Waals surface area contributed by atoms with Crippen LogP contribution in [0.25, 0.3) is 0 Å². The predicted octanol–water partition coefficient (Wildman–Crippen LogP) is 0.365. The molecule has 1 aromatic rings. The Morgan fingerprint density at radius 3 is 2.54 bits per heavy atom. The zero-order chi connectivity index (χ0) is 20.1. The molecule has 7 nitrogen and oxygen atoms in total. The lowest BCUT2D eigenvalue weighted by atomic mass is 9.79. The van der Waals surface area contributed by atoms with Crippen molar-refractivity contribution in [1.82, 2.24) is 4.90 Å². The van der Waals surface area contributed by atoms with E-state index < -0.39 is 5.92 Å². The molecule has 28 heavy (non-hydrogen) atoms. The molecular weight excluding hydrogens is 358 g/mol. The van der Waals surface area contributed by atoms with Crippen LogP contribution in [0.4, 0.5) is 0 Å². The summed E-state index contributed by atoms with van der Waals surface area (Å²) in [4.78, 5) is 44.5. The number of aliphatic imine (C=N–C) groups is 1. The Bertz CT molecular complexity index is 700. The summed E-state index contributed by atoms with van der Waals surface area (Å²) in [6.07, 6.45) is 3.76. The number of nitrogens with one attached hydrogen (secondary N) is 1. The number of nitrogens with zero attached hydrogens (tertiary/aromatic N) is 2. The van der Waals surface area contributed by atoms with Crippen LogP contribution in [-0.4, -0.2) is 67.9 Å². The van der Waals surface area contributed by atoms with Crippen LogP contribution >= 0.6 is 0 Å². The molecule has 3 rings (SSSR count). The minimum Gasteiger partial charge on any atom is -0.469 e. The van der Waals surface area contributed by atoms with E-state index in [9.17, 15) is 14.4 Å². The third-order valence-corrected chi connectivity index (χ3v) is 5.66. The monoisotopic (exact) mass is 388 g/mol. The molecule has 1 aliphatic heterocycles. The number of furan rings is 1. The molecule has 1 N–H and O–H groups in total. The smallest absolute Gasteiger partial charge is 0.225 e. The number of carbonyl (C=O) groups excluding carboxylic acids is 3. The third-order valence-electron chi connectivity index (χ3n) is 5.66. The summed E-state index contributed by atoms with van der Waals surface area (Å²) in [7, 11) is 0. The number of amides is 1. The van der Waals surface area contributed by atoms with E-state index in [2.05, 4.69) is 4.99 Å². The zero-order valence-corrected chi connectivity index (χ0v) is 16.7. The summed E-state index contributed by atoms with van der Waals surface area (Å²) in [6, 6.07) is 3.59. The normalized spacial score (nSPS) is 24.5. The molecule has 7 heteroatoms. The molecule has 0 atom stereocenters. The van der Waals surface area contributed by atoms with Gasteiger partial charge in [0.05, 0.1) is 45.5 Å². The van der Waals surface area contributed by atoms with Crippen LogP contribution in [0, 0.1) is 11.8 Å². The standard InChI is InChI=1S/C21H29N3O4/c1-15(2)21(27)24-9-7-23(8-10-24)6-5-22-14-17-18(25)12-16(13-19(17)26)20-4-3-11-28-20/h3-4,11,14-17H,5-10,12-13H2,1-2H3/p+1. The Kier molecular flexibility index (Phi) is 6.78. The van der Waals surface area contributed by atoms with Gasteiger partial charge in [0.1, 0.15) is 23.2 Å². The van der Waals surface area contributed by atoms with Crippen LogP contribution in [-0.2, 0) is 14.4 Å². The number of quaternary nitrogens is 1. The van der Waals surface area contributed by atoms with Gasteiger partial charge >= 0.3 is 0 Å². The van der Waals surface area contributed by atoms with Crippen molar-refractivity contribution in [3.05, 3.63) is 24.2 Å². The highest BCUT2D eigenvalue weighted by molar-refractivity contribution is 6.16. The summed E-state index contributed by atoms with van der Waals surface area (Å²) in [6.45, 7) is 8.70. The van der Waals surface area contributed by atoms with Gasteiger partial charge in [0, 0.05) is 30.9 Å². The molecule has 1 saturated carbocycles. The van der Waals surface area contributed by atoms with E-state index in [1.165, 1.54) is 4.90 Å². The average Bonchev–Trinajstić information content (AvgIpc) is 3.21. The molecule has 152 valence electrons. The largest absolute Gasteiger partial charge is 0.469 e. The van der Waals surface area contributed by atoms with Gasteiger partial charge in [-0.15, -0.1) is 0 Å². The van der Waals surface area contributed by atoms with Gasteiger partial charge in [-0.2, -0.15) is 0 Å². The van der Waals surface area contributed by atoms with Crippen LogP contribution in [0.5, 0.6) is 0 Å². The second-order valence-electron chi connectivity index (χ2n) is 8.07. The van der Waals surface area contributed by atoms with Gasteiger partial charge in [0.2, 0.25) is 5.91 Å². The van der Waals surface area contributed by atoms with Gasteiger partial charge in [-0.1, -0.05) is 13.8 Å². The van der Waals surface area contributed by atoms with Crippen molar-refractivity contribution in [2.45, 2.75) is 32.6 Å². The number of hydrogen-bond donors (Lipinski definition) is 1. The number of ketones is 2. The fourth-order valence-electron chi connectivity index (χ4n) is 3.94. The van der Waals surface area contributed by atoms with Crippen molar-refractivity contribution < 1.29 is 23.7 Å². The number of hydrogen-bond acceptors (Lipinski definition) is 5. The average molecular weight is 388 g/mol. The SMILES string of the molecule is CC(C)C(=O)N1CC[NH+](CCN=CC2C(=O)CC(c3ccco3)CC2=O)CC1. The van der Waals surface area contributed by atoms with Gasteiger partial charge in [-0.05, 0) is 12.1 Å². The molecule has 0 aromatic carbocycles. The van der Waals surface area contributed by atoms with Gasteiger partial charge in [0.25, 0.3) is 0 Å². The predicted molar refractivity (Wildman–Crippen MR) is 105 cm³/mol. The van der Waals surface area contributed by atoms with E-state index in [1.54, 1.807) is 18.5 Å². The summed E-state index contributed by atoms with van der Waals surface area (Å²) < 4.78 is 5.34. The van der Waals surface area contributed by atoms with Gasteiger partial charge in [0.15, 0.2) is 0 Å². The van der Waals surface area contributed by atoms with E-state index in [1.807, 2.05) is 24.8 Å². The molecule has 2 heterocycles. The molecule has 0 bridgehead atoms. The van der Waals surface area contributed by atoms with Gasteiger partial charge < -0.3 is 14.2 Å². The summed E-state index contributed by atoms with van der Waals surface area (Å²) >= 11 is 0. The Hall–Kier alpha value is -2.28. The molecule has 1 amide bonds. The molecule has 1 aliphatic carbocycles. The Morgan fingerprint density at radius 2 is 1.96 bits per heavy atom. The van der Waals surface area contributed by atoms with Crippen molar-refractivity contribution in [3.63, 3.8) is 0 Å². The highest BCUT2D eigenvalue weighted by Crippen LogP contribution is 2.31. The van der Waals surface area contributed by atoms with Crippen LogP contribution in [0.2, 0.25) is 0 Å². The number of Topliss-reactive ketones (excluding diaryl/α,β-unsaturated/α-hetero) is 2. The maximum Gasteiger partial charge on any atom is 0.225 e. The van der Waals surface area contributed by atoms with Crippen molar-refractivity contribution in [2.75, 3.05) is 39.3 Å². The van der Waals surface area contributed by atoms with Gasteiger partial charge in [-0.25, -0.2) is 0 Å². The van der Waals surface area contributed by atoms with Crippen LogP contribution in [0.15, 0.2) is 27.8 Å². The number of piperazine rings is 1. The minimum absolute atomic E-state index is 0.0455. The molecule has 1 aromatic heterocycles. The van der Waals surface area contributed by atoms with Crippen LogP contribution < -0.4 is 4.90 Å². The molecule has 1 saturated heterocycles. The first-order valence-electron chi connectivity index (χ1n) is 10.2. The van der Waals surface area contributed by atoms with Crippen LogP contribution in [0.3, 0.4) is 0 Å². The van der Waals surface area contributed by atoms with Gasteiger partial charge in [-0.3, -0.25) is 19.4 Å². The summed E-state index contributed by atoms with van der Waals surface area (Å²) in [5.74, 6) is -0.0288. The van der Waals surface area contributed by atoms with Crippen molar-refractivity contribution in [3.8, 4) is 0 Å². The molecule has 2 aliphatic rings. The maximum absolute atomic E-state index is 12.4. The molecule has 0 unspecified atom stereocenters. The zero-order valence-electron chi connectivity index (χ0n) is 16.7. The lowest BCUT2D eigenvalue weighted by Crippen LogP contribution is -3.15. The first kappa shape index (κ1) is 20.5. The molecular formula is C21H30N3O4+. The highest BCUT2D eigenvalue weighted by Gasteiger charge is 2.36. The maximum atomic E-state index is 12.4. The van der Waals surface area contributed by atoms with Crippen molar-refractivity contribution in [2.24, 2.45) is 16.8 Å². The fourth-order valence-corrected chi connectivity index (χ4v) is 3.94. The van der Waals surface area contributed by atoms with Crippen molar-refractivity contribution >= 4 is 23.7 Å². The molecule has 0 radical (unpaired) electrons. The quantitative estimate of drug-likeness (QED) is 0.564. The first-order valence-corrected chi connectivity index (χ1v) is 10.2. The third kappa shape index (κ3) is 4.95. The van der Waals surface area contributed by atoms with E-state index in [0.29, 0.717) is 25.1 Å². The molecule has 2 fully saturated rings. The topological polar surface area (TPSA) is 84.4 Å². The Morgan fingerprint density at radius 1 is 1.29 bits per heavy atom. The summed E-state index contributed by atoms with van der Waals surface area (Å²) in [5.41, 5.74) is 0. The fraction of sp³-hybridized carbons (Fsp3) is 0.619. The first-order chi connectivity index (χ1) is 13.5.